The molecule has 0 bridgehead atoms. The summed E-state index contributed by atoms with van der Waals surface area (Å²) in [5.74, 6) is -0.977. The van der Waals surface area contributed by atoms with E-state index in [-0.39, 0.29) is 36.1 Å². The quantitative estimate of drug-likeness (QED) is 0.388. The molecule has 2 N–H and O–H groups in total. The molecule has 1 saturated heterocycles. The van der Waals surface area contributed by atoms with Gasteiger partial charge in [0.05, 0.1) is 24.6 Å². The molecule has 12 heteroatoms. The molecular weight excluding hydrogens is 558 g/mol. The number of hydrogen-bond donors (Lipinski definition) is 2. The van der Waals surface area contributed by atoms with Crippen LogP contribution < -0.4 is 15.4 Å². The van der Waals surface area contributed by atoms with Gasteiger partial charge in [-0.1, -0.05) is 37.6 Å². The summed E-state index contributed by atoms with van der Waals surface area (Å²) in [4.78, 5) is 39.5. The van der Waals surface area contributed by atoms with Gasteiger partial charge in [0.25, 0.3) is 5.91 Å². The van der Waals surface area contributed by atoms with Crippen molar-refractivity contribution in [3.63, 3.8) is 0 Å². The summed E-state index contributed by atoms with van der Waals surface area (Å²) in [5.41, 5.74) is 0.419. The first kappa shape index (κ1) is 29.6. The van der Waals surface area contributed by atoms with Gasteiger partial charge in [-0.2, -0.15) is 4.31 Å². The SMILES string of the molecule is COc1cccc2cc(C(=O)N[C@@H](CC(C)C)C(=O)NC3CCCN(S(=O)(=O)c4ccc(Cl)cc4)CC3=O)oc12. The van der Waals surface area contributed by atoms with Crippen LogP contribution in [0.2, 0.25) is 5.02 Å². The molecule has 2 heterocycles. The molecule has 2 aromatic carbocycles. The monoisotopic (exact) mass is 589 g/mol. The van der Waals surface area contributed by atoms with E-state index < -0.39 is 39.7 Å². The zero-order valence-electron chi connectivity index (χ0n) is 22.5. The van der Waals surface area contributed by atoms with Crippen LogP contribution in [-0.4, -0.2) is 62.6 Å². The Balaban J connectivity index is 1.45. The highest BCUT2D eigenvalue weighted by molar-refractivity contribution is 7.89. The van der Waals surface area contributed by atoms with Crippen molar-refractivity contribution in [3.05, 3.63) is 59.3 Å². The Morgan fingerprint density at radius 1 is 1.18 bits per heavy atom. The number of Topliss-reactive ketones (excluding diaryl/α,β-unsaturated/α-hetero) is 1. The number of halogens is 1. The van der Waals surface area contributed by atoms with Crippen molar-refractivity contribution in [2.45, 2.75) is 50.1 Å². The molecule has 1 aromatic heterocycles. The van der Waals surface area contributed by atoms with E-state index in [0.717, 1.165) is 4.31 Å². The lowest BCUT2D eigenvalue weighted by atomic mass is 10.0. The minimum Gasteiger partial charge on any atom is -0.493 e. The maximum absolute atomic E-state index is 13.3. The zero-order chi connectivity index (χ0) is 29.0. The number of ketones is 1. The molecule has 0 aliphatic carbocycles. The number of furan rings is 1. The molecule has 0 radical (unpaired) electrons. The summed E-state index contributed by atoms with van der Waals surface area (Å²) in [7, 11) is -2.42. The fourth-order valence-electron chi connectivity index (χ4n) is 4.62. The maximum atomic E-state index is 13.3. The van der Waals surface area contributed by atoms with Crippen molar-refractivity contribution >= 4 is 50.2 Å². The van der Waals surface area contributed by atoms with Gasteiger partial charge in [-0.05, 0) is 61.6 Å². The number of fused-ring (bicyclic) bond motifs is 1. The minimum absolute atomic E-state index is 0.0228. The van der Waals surface area contributed by atoms with Crippen molar-refractivity contribution in [3.8, 4) is 5.75 Å². The highest BCUT2D eigenvalue weighted by Gasteiger charge is 2.34. The Morgan fingerprint density at radius 2 is 1.90 bits per heavy atom. The number of nitrogens with one attached hydrogen (secondary N) is 2. The van der Waals surface area contributed by atoms with Crippen LogP contribution in [0, 0.1) is 5.92 Å². The van der Waals surface area contributed by atoms with Crippen LogP contribution in [0.3, 0.4) is 0 Å². The number of amides is 2. The number of sulfonamides is 1. The number of carbonyl (C=O) groups excluding carboxylic acids is 3. The van der Waals surface area contributed by atoms with Crippen LogP contribution >= 0.6 is 11.6 Å². The number of para-hydroxylation sites is 1. The molecule has 4 rings (SSSR count). The summed E-state index contributed by atoms with van der Waals surface area (Å²) in [5, 5.41) is 6.55. The third-order valence-electron chi connectivity index (χ3n) is 6.67. The molecule has 1 aliphatic rings. The van der Waals surface area contributed by atoms with Crippen molar-refractivity contribution < 1.29 is 32.0 Å². The second kappa shape index (κ2) is 12.4. The van der Waals surface area contributed by atoms with E-state index >= 15 is 0 Å². The summed E-state index contributed by atoms with van der Waals surface area (Å²) in [6.07, 6.45) is 0.952. The molecular formula is C28H32ClN3O7S. The second-order valence-corrected chi connectivity index (χ2v) is 12.5. The first-order valence-electron chi connectivity index (χ1n) is 13.0. The Kier molecular flexibility index (Phi) is 9.17. The highest BCUT2D eigenvalue weighted by atomic mass is 35.5. The Hall–Kier alpha value is -3.41. The molecule has 1 unspecified atom stereocenters. The predicted octanol–water partition coefficient (Wildman–Crippen LogP) is 3.78. The Labute approximate surface area is 238 Å². The average Bonchev–Trinajstić information content (AvgIpc) is 3.27. The van der Waals surface area contributed by atoms with Crippen LogP contribution in [0.15, 0.2) is 57.8 Å². The first-order chi connectivity index (χ1) is 19.0. The molecule has 0 spiro atoms. The lowest BCUT2D eigenvalue weighted by Crippen LogP contribution is -2.52. The second-order valence-electron chi connectivity index (χ2n) is 10.1. The molecule has 214 valence electrons. The maximum Gasteiger partial charge on any atom is 0.287 e. The van der Waals surface area contributed by atoms with Gasteiger partial charge in [-0.15, -0.1) is 0 Å². The third-order valence-corrected chi connectivity index (χ3v) is 8.78. The van der Waals surface area contributed by atoms with Crippen LogP contribution in [0.5, 0.6) is 5.75 Å². The fourth-order valence-corrected chi connectivity index (χ4v) is 6.19. The van der Waals surface area contributed by atoms with Crippen molar-refractivity contribution in [2.24, 2.45) is 5.92 Å². The standard InChI is InChI=1S/C28H32ClN3O7S/c1-17(2)14-22(31-28(35)25-15-18-6-4-8-24(38-3)26(18)39-25)27(34)30-21-7-5-13-32(16-23(21)33)40(36,37)20-11-9-19(29)10-12-20/h4,6,8-12,15,17,21-22H,5,7,13-14,16H2,1-3H3,(H,30,34)(H,31,35)/t21?,22-/m0/s1. The summed E-state index contributed by atoms with van der Waals surface area (Å²) >= 11 is 5.88. The smallest absolute Gasteiger partial charge is 0.287 e. The van der Waals surface area contributed by atoms with E-state index in [9.17, 15) is 22.8 Å². The van der Waals surface area contributed by atoms with Crippen LogP contribution in [0.25, 0.3) is 11.0 Å². The molecule has 2 amide bonds. The van der Waals surface area contributed by atoms with Crippen molar-refractivity contribution in [1.82, 2.24) is 14.9 Å². The molecule has 3 aromatic rings. The van der Waals surface area contributed by atoms with Crippen molar-refractivity contribution in [1.29, 1.82) is 0 Å². The number of methoxy groups -OCH3 is 1. The van der Waals surface area contributed by atoms with E-state index in [1.54, 1.807) is 24.3 Å². The van der Waals surface area contributed by atoms with Crippen molar-refractivity contribution in [2.75, 3.05) is 20.2 Å². The molecule has 10 nitrogen and oxygen atoms in total. The molecule has 1 fully saturated rings. The third kappa shape index (κ3) is 6.65. The number of ether oxygens (including phenoxy) is 1. The van der Waals surface area contributed by atoms with E-state index in [0.29, 0.717) is 34.6 Å². The van der Waals surface area contributed by atoms with E-state index in [4.69, 9.17) is 20.8 Å². The van der Waals surface area contributed by atoms with Gasteiger partial charge in [0.15, 0.2) is 22.9 Å². The van der Waals surface area contributed by atoms with Crippen LogP contribution in [0.4, 0.5) is 0 Å². The molecule has 40 heavy (non-hydrogen) atoms. The van der Waals surface area contributed by atoms with Gasteiger partial charge >= 0.3 is 0 Å². The average molecular weight is 590 g/mol. The lowest BCUT2D eigenvalue weighted by Gasteiger charge is -2.23. The molecule has 1 aliphatic heterocycles. The van der Waals surface area contributed by atoms with E-state index in [2.05, 4.69) is 10.6 Å². The van der Waals surface area contributed by atoms with Gasteiger partial charge in [0, 0.05) is 17.0 Å². The summed E-state index contributed by atoms with van der Waals surface area (Å²) < 4.78 is 38.3. The number of benzene rings is 2. The van der Waals surface area contributed by atoms with Crippen LogP contribution in [0.1, 0.15) is 43.7 Å². The van der Waals surface area contributed by atoms with E-state index in [1.165, 1.54) is 31.4 Å². The van der Waals surface area contributed by atoms with Gasteiger partial charge < -0.3 is 19.8 Å². The van der Waals surface area contributed by atoms with Gasteiger partial charge in [0.1, 0.15) is 6.04 Å². The normalized spacial score (nSPS) is 17.4. The van der Waals surface area contributed by atoms with Crippen LogP contribution in [-0.2, 0) is 19.6 Å². The lowest BCUT2D eigenvalue weighted by molar-refractivity contribution is -0.129. The first-order valence-corrected chi connectivity index (χ1v) is 14.8. The molecule has 0 saturated carbocycles. The Bertz CT molecular complexity index is 1500. The Morgan fingerprint density at radius 3 is 2.58 bits per heavy atom. The fraction of sp³-hybridized carbons (Fsp3) is 0.393. The topological polar surface area (TPSA) is 135 Å². The minimum atomic E-state index is -3.92. The summed E-state index contributed by atoms with van der Waals surface area (Å²) in [6, 6.07) is 10.8. The predicted molar refractivity (Wildman–Crippen MR) is 150 cm³/mol. The number of hydrogen-bond acceptors (Lipinski definition) is 7. The van der Waals surface area contributed by atoms with Gasteiger partial charge in [0.2, 0.25) is 15.9 Å². The highest BCUT2D eigenvalue weighted by Crippen LogP contribution is 2.28. The largest absolute Gasteiger partial charge is 0.493 e. The number of nitrogens with zero attached hydrogens (tertiary/aromatic N) is 1. The molecule has 2 atom stereocenters. The van der Waals surface area contributed by atoms with Gasteiger partial charge in [-0.25, -0.2) is 8.42 Å². The van der Waals surface area contributed by atoms with Gasteiger partial charge in [-0.3, -0.25) is 14.4 Å². The van der Waals surface area contributed by atoms with E-state index in [1.807, 2.05) is 13.8 Å². The number of rotatable bonds is 9. The number of carbonyl (C=O) groups is 3. The zero-order valence-corrected chi connectivity index (χ0v) is 24.0. The summed E-state index contributed by atoms with van der Waals surface area (Å²) in [6.45, 7) is 3.58.